The van der Waals surface area contributed by atoms with Crippen LogP contribution in [0.2, 0.25) is 0 Å². The molecule has 3 rings (SSSR count). The molecule has 5 heteroatoms. The average molecular weight is 338 g/mol. The molecule has 1 amide bonds. The molecule has 0 unspecified atom stereocenters. The van der Waals surface area contributed by atoms with Crippen LogP contribution < -0.4 is 10.6 Å². The van der Waals surface area contributed by atoms with E-state index in [2.05, 4.69) is 45.9 Å². The molecule has 1 atom stereocenters. The number of likely N-dealkylation sites (tertiary alicyclic amines) is 1. The largest absolute Gasteiger partial charge is 0.354 e. The molecule has 128 valence electrons. The van der Waals surface area contributed by atoms with Gasteiger partial charge in [-0.05, 0) is 56.8 Å². The predicted octanol–water partition coefficient (Wildman–Crippen LogP) is 2.19. The SMILES string of the molecule is Cl.O=C(NCC1CCN(Cc2ccccc2)CC1)[C@@H]1CCCN1. The third-order valence-corrected chi connectivity index (χ3v) is 4.90. The summed E-state index contributed by atoms with van der Waals surface area (Å²) in [5.74, 6) is 0.835. The van der Waals surface area contributed by atoms with Gasteiger partial charge in [0.25, 0.3) is 0 Å². The van der Waals surface area contributed by atoms with E-state index in [1.54, 1.807) is 0 Å². The number of nitrogens with zero attached hydrogens (tertiary/aromatic N) is 1. The first-order chi connectivity index (χ1) is 10.8. The van der Waals surface area contributed by atoms with Gasteiger partial charge >= 0.3 is 0 Å². The first kappa shape index (κ1) is 18.2. The Bertz CT molecular complexity index is 468. The molecule has 0 aliphatic carbocycles. The fraction of sp³-hybridized carbons (Fsp3) is 0.611. The molecule has 1 aromatic rings. The third kappa shape index (κ3) is 5.48. The van der Waals surface area contributed by atoms with Gasteiger partial charge in [0.1, 0.15) is 0 Å². The number of amides is 1. The molecule has 23 heavy (non-hydrogen) atoms. The van der Waals surface area contributed by atoms with Gasteiger partial charge in [0, 0.05) is 13.1 Å². The van der Waals surface area contributed by atoms with E-state index in [9.17, 15) is 4.79 Å². The van der Waals surface area contributed by atoms with Crippen molar-refractivity contribution in [2.75, 3.05) is 26.2 Å². The van der Waals surface area contributed by atoms with Crippen LogP contribution in [-0.4, -0.2) is 43.0 Å². The van der Waals surface area contributed by atoms with Crippen LogP contribution in [0.1, 0.15) is 31.2 Å². The Morgan fingerprint density at radius 1 is 1.17 bits per heavy atom. The zero-order valence-electron chi connectivity index (χ0n) is 13.7. The second-order valence-corrected chi connectivity index (χ2v) is 6.60. The summed E-state index contributed by atoms with van der Waals surface area (Å²) in [4.78, 5) is 14.5. The lowest BCUT2D eigenvalue weighted by molar-refractivity contribution is -0.123. The number of halogens is 1. The summed E-state index contributed by atoms with van der Waals surface area (Å²) in [5.41, 5.74) is 1.39. The molecule has 0 radical (unpaired) electrons. The summed E-state index contributed by atoms with van der Waals surface area (Å²) in [6, 6.07) is 10.7. The van der Waals surface area contributed by atoms with Gasteiger partial charge < -0.3 is 10.6 Å². The van der Waals surface area contributed by atoms with Crippen molar-refractivity contribution in [3.63, 3.8) is 0 Å². The zero-order valence-corrected chi connectivity index (χ0v) is 14.5. The molecule has 1 aromatic carbocycles. The second kappa shape index (κ2) is 9.26. The molecule has 2 heterocycles. The Hall–Kier alpha value is -1.10. The molecule has 2 fully saturated rings. The quantitative estimate of drug-likeness (QED) is 0.865. The molecule has 4 nitrogen and oxygen atoms in total. The lowest BCUT2D eigenvalue weighted by atomic mass is 9.96. The van der Waals surface area contributed by atoms with Crippen LogP contribution in [0.5, 0.6) is 0 Å². The smallest absolute Gasteiger partial charge is 0.237 e. The number of hydrogen-bond acceptors (Lipinski definition) is 3. The Balaban J connectivity index is 0.00000192. The van der Waals surface area contributed by atoms with E-state index < -0.39 is 0 Å². The molecule has 0 bridgehead atoms. The standard InChI is InChI=1S/C18H27N3O.ClH/c22-18(17-7-4-10-19-17)20-13-15-8-11-21(12-9-15)14-16-5-2-1-3-6-16;/h1-3,5-6,15,17,19H,4,7-14H2,(H,20,22);1H/t17-;/m0./s1. The minimum Gasteiger partial charge on any atom is -0.354 e. The number of carbonyl (C=O) groups is 1. The van der Waals surface area contributed by atoms with E-state index in [0.29, 0.717) is 5.92 Å². The van der Waals surface area contributed by atoms with Gasteiger partial charge in [0.15, 0.2) is 0 Å². The van der Waals surface area contributed by atoms with Crippen LogP contribution in [0.3, 0.4) is 0 Å². The maximum absolute atomic E-state index is 12.0. The fourth-order valence-electron chi connectivity index (χ4n) is 3.47. The first-order valence-electron chi connectivity index (χ1n) is 8.58. The van der Waals surface area contributed by atoms with Gasteiger partial charge in [-0.2, -0.15) is 0 Å². The predicted molar refractivity (Wildman–Crippen MR) is 95.7 cm³/mol. The highest BCUT2D eigenvalue weighted by Gasteiger charge is 2.24. The topological polar surface area (TPSA) is 44.4 Å². The van der Waals surface area contributed by atoms with Crippen LogP contribution in [-0.2, 0) is 11.3 Å². The maximum atomic E-state index is 12.0. The molecular formula is C18H28ClN3O. The van der Waals surface area contributed by atoms with Crippen molar-refractivity contribution >= 4 is 18.3 Å². The van der Waals surface area contributed by atoms with Crippen molar-refractivity contribution in [2.24, 2.45) is 5.92 Å². The molecular weight excluding hydrogens is 310 g/mol. The normalized spacial score (nSPS) is 22.5. The molecule has 2 N–H and O–H groups in total. The van der Waals surface area contributed by atoms with Crippen LogP contribution in [0.4, 0.5) is 0 Å². The lowest BCUT2D eigenvalue weighted by Crippen LogP contribution is -2.44. The second-order valence-electron chi connectivity index (χ2n) is 6.60. The highest BCUT2D eigenvalue weighted by molar-refractivity contribution is 5.85. The summed E-state index contributed by atoms with van der Waals surface area (Å²) >= 11 is 0. The Morgan fingerprint density at radius 3 is 2.57 bits per heavy atom. The highest BCUT2D eigenvalue weighted by atomic mass is 35.5. The highest BCUT2D eigenvalue weighted by Crippen LogP contribution is 2.18. The molecule has 2 saturated heterocycles. The van der Waals surface area contributed by atoms with Crippen LogP contribution in [0, 0.1) is 5.92 Å². The summed E-state index contributed by atoms with van der Waals surface area (Å²) < 4.78 is 0. The summed E-state index contributed by atoms with van der Waals surface area (Å²) in [7, 11) is 0. The Kier molecular flexibility index (Phi) is 7.34. The van der Waals surface area contributed by atoms with Crippen molar-refractivity contribution < 1.29 is 4.79 Å². The minimum atomic E-state index is 0. The van der Waals surface area contributed by atoms with Crippen LogP contribution >= 0.6 is 12.4 Å². The monoisotopic (exact) mass is 337 g/mol. The molecule has 0 aromatic heterocycles. The fourth-order valence-corrected chi connectivity index (χ4v) is 3.47. The maximum Gasteiger partial charge on any atom is 0.237 e. The van der Waals surface area contributed by atoms with Gasteiger partial charge in [-0.25, -0.2) is 0 Å². The average Bonchev–Trinajstić information content (AvgIpc) is 3.09. The van der Waals surface area contributed by atoms with Gasteiger partial charge in [0.2, 0.25) is 5.91 Å². The van der Waals surface area contributed by atoms with Gasteiger partial charge in [-0.15, -0.1) is 12.4 Å². The van der Waals surface area contributed by atoms with Gasteiger partial charge in [-0.1, -0.05) is 30.3 Å². The number of nitrogens with one attached hydrogen (secondary N) is 2. The zero-order chi connectivity index (χ0) is 15.2. The van der Waals surface area contributed by atoms with Crippen molar-refractivity contribution in [3.05, 3.63) is 35.9 Å². The van der Waals surface area contributed by atoms with Crippen LogP contribution in [0.15, 0.2) is 30.3 Å². The van der Waals surface area contributed by atoms with E-state index in [4.69, 9.17) is 0 Å². The Morgan fingerprint density at radius 2 is 1.91 bits per heavy atom. The van der Waals surface area contributed by atoms with E-state index >= 15 is 0 Å². The van der Waals surface area contributed by atoms with Gasteiger partial charge in [0.05, 0.1) is 6.04 Å². The van der Waals surface area contributed by atoms with E-state index in [1.165, 1.54) is 18.4 Å². The summed E-state index contributed by atoms with van der Waals surface area (Å²) in [6.45, 7) is 5.15. The van der Waals surface area contributed by atoms with Crippen molar-refractivity contribution in [2.45, 2.75) is 38.3 Å². The van der Waals surface area contributed by atoms with Crippen LogP contribution in [0.25, 0.3) is 0 Å². The van der Waals surface area contributed by atoms with Crippen molar-refractivity contribution in [1.82, 2.24) is 15.5 Å². The number of benzene rings is 1. The third-order valence-electron chi connectivity index (χ3n) is 4.90. The lowest BCUT2D eigenvalue weighted by Gasteiger charge is -2.32. The van der Waals surface area contributed by atoms with E-state index in [1.807, 2.05) is 0 Å². The molecule has 0 spiro atoms. The summed E-state index contributed by atoms with van der Waals surface area (Å²) in [6.07, 6.45) is 4.48. The Labute approximate surface area is 145 Å². The molecule has 2 aliphatic rings. The number of hydrogen-bond donors (Lipinski definition) is 2. The van der Waals surface area contributed by atoms with Crippen molar-refractivity contribution in [1.29, 1.82) is 0 Å². The van der Waals surface area contributed by atoms with E-state index in [-0.39, 0.29) is 24.4 Å². The van der Waals surface area contributed by atoms with Gasteiger partial charge in [-0.3, -0.25) is 9.69 Å². The summed E-state index contributed by atoms with van der Waals surface area (Å²) in [5, 5.41) is 6.40. The minimum absolute atomic E-state index is 0. The van der Waals surface area contributed by atoms with E-state index in [0.717, 1.165) is 45.6 Å². The van der Waals surface area contributed by atoms with Crippen molar-refractivity contribution in [3.8, 4) is 0 Å². The molecule has 2 aliphatic heterocycles. The molecule has 0 saturated carbocycles. The first-order valence-corrected chi connectivity index (χ1v) is 8.58. The number of carbonyl (C=O) groups excluding carboxylic acids is 1. The number of piperidine rings is 1. The number of rotatable bonds is 5.